The minimum absolute atomic E-state index is 0.120. The molecule has 0 saturated carbocycles. The second-order valence-corrected chi connectivity index (χ2v) is 5.04. The summed E-state index contributed by atoms with van der Waals surface area (Å²) in [5.41, 5.74) is -0.236. The van der Waals surface area contributed by atoms with Crippen molar-refractivity contribution in [3.05, 3.63) is 5.28 Å². The number of ether oxygens (including phenoxy) is 2. The Labute approximate surface area is 118 Å². The van der Waals surface area contributed by atoms with E-state index in [4.69, 9.17) is 21.1 Å². The summed E-state index contributed by atoms with van der Waals surface area (Å²) in [6.07, 6.45) is 1.70. The fourth-order valence-electron chi connectivity index (χ4n) is 1.20. The lowest BCUT2D eigenvalue weighted by atomic mass is 10.1. The van der Waals surface area contributed by atoms with Crippen molar-refractivity contribution >= 4 is 17.5 Å². The van der Waals surface area contributed by atoms with E-state index in [1.165, 1.54) is 0 Å². The van der Waals surface area contributed by atoms with Crippen LogP contribution in [0.4, 0.5) is 5.95 Å². The van der Waals surface area contributed by atoms with Crippen LogP contribution in [0.25, 0.3) is 0 Å². The molecule has 0 amide bonds. The maximum absolute atomic E-state index is 5.82. The van der Waals surface area contributed by atoms with Gasteiger partial charge < -0.3 is 14.8 Å². The summed E-state index contributed by atoms with van der Waals surface area (Å²) >= 11 is 5.82. The van der Waals surface area contributed by atoms with Crippen LogP contribution < -0.4 is 10.1 Å². The molecule has 0 aromatic carbocycles. The Kier molecular flexibility index (Phi) is 6.24. The number of aromatic nitrogens is 3. The Morgan fingerprint density at radius 2 is 2.00 bits per heavy atom. The van der Waals surface area contributed by atoms with Crippen LogP contribution >= 0.6 is 11.6 Å². The van der Waals surface area contributed by atoms with Crippen molar-refractivity contribution in [3.8, 4) is 6.01 Å². The van der Waals surface area contributed by atoms with Gasteiger partial charge in [-0.1, -0.05) is 6.92 Å². The van der Waals surface area contributed by atoms with Crippen LogP contribution in [-0.4, -0.2) is 40.8 Å². The molecule has 1 N–H and O–H groups in total. The summed E-state index contributed by atoms with van der Waals surface area (Å²) in [5, 5.41) is 3.16. The van der Waals surface area contributed by atoms with Gasteiger partial charge in [-0.25, -0.2) is 0 Å². The lowest BCUT2D eigenvalue weighted by molar-refractivity contribution is 0.00467. The molecule has 0 bridgehead atoms. The van der Waals surface area contributed by atoms with Gasteiger partial charge in [0.25, 0.3) is 0 Å². The first kappa shape index (κ1) is 15.9. The molecule has 0 unspecified atom stereocenters. The van der Waals surface area contributed by atoms with Gasteiger partial charge in [0, 0.05) is 20.1 Å². The van der Waals surface area contributed by atoms with Gasteiger partial charge in [0.1, 0.15) is 0 Å². The van der Waals surface area contributed by atoms with Crippen LogP contribution in [0.5, 0.6) is 6.01 Å². The number of nitrogens with zero attached hydrogens (tertiary/aromatic N) is 3. The fourth-order valence-corrected chi connectivity index (χ4v) is 1.35. The topological polar surface area (TPSA) is 69.2 Å². The second-order valence-electron chi connectivity index (χ2n) is 4.70. The van der Waals surface area contributed by atoms with Gasteiger partial charge in [-0.15, -0.1) is 0 Å². The van der Waals surface area contributed by atoms with Crippen molar-refractivity contribution in [2.45, 2.75) is 39.2 Å². The summed E-state index contributed by atoms with van der Waals surface area (Å²) in [7, 11) is 1.67. The first-order valence-corrected chi connectivity index (χ1v) is 6.68. The van der Waals surface area contributed by atoms with Crippen molar-refractivity contribution in [2.75, 3.05) is 25.6 Å². The minimum atomic E-state index is -0.236. The molecule has 0 spiro atoms. The third kappa shape index (κ3) is 6.02. The van der Waals surface area contributed by atoms with Crippen LogP contribution in [-0.2, 0) is 4.74 Å². The molecule has 1 rings (SSSR count). The summed E-state index contributed by atoms with van der Waals surface area (Å²) in [4.78, 5) is 12.0. The molecule has 19 heavy (non-hydrogen) atoms. The highest BCUT2D eigenvalue weighted by molar-refractivity contribution is 6.28. The third-order valence-corrected chi connectivity index (χ3v) is 2.78. The zero-order valence-electron chi connectivity index (χ0n) is 11.9. The largest absolute Gasteiger partial charge is 0.463 e. The zero-order valence-corrected chi connectivity index (χ0v) is 12.6. The molecule has 0 aliphatic carbocycles. The standard InChI is InChI=1S/C12H21ClN4O2/c1-5-7-14-10-15-9(13)16-11(17-10)19-8-6-12(2,3)18-4/h5-8H2,1-4H3,(H,14,15,16,17). The zero-order chi connectivity index (χ0) is 14.3. The van der Waals surface area contributed by atoms with E-state index in [1.54, 1.807) is 7.11 Å². The monoisotopic (exact) mass is 288 g/mol. The van der Waals surface area contributed by atoms with E-state index in [-0.39, 0.29) is 16.9 Å². The number of hydrogen-bond acceptors (Lipinski definition) is 6. The van der Waals surface area contributed by atoms with E-state index in [2.05, 4.69) is 27.2 Å². The highest BCUT2D eigenvalue weighted by Crippen LogP contribution is 2.15. The number of methoxy groups -OCH3 is 1. The minimum Gasteiger partial charge on any atom is -0.463 e. The van der Waals surface area contributed by atoms with Gasteiger partial charge in [-0.3, -0.25) is 0 Å². The third-order valence-electron chi connectivity index (χ3n) is 2.61. The Morgan fingerprint density at radius 1 is 1.26 bits per heavy atom. The normalized spacial score (nSPS) is 11.4. The summed E-state index contributed by atoms with van der Waals surface area (Å²) in [6, 6.07) is 0.227. The predicted octanol–water partition coefficient (Wildman–Crippen LogP) is 2.54. The predicted molar refractivity (Wildman–Crippen MR) is 74.8 cm³/mol. The maximum Gasteiger partial charge on any atom is 0.322 e. The molecule has 1 aromatic heterocycles. The number of anilines is 1. The van der Waals surface area contributed by atoms with Crippen LogP contribution in [0.2, 0.25) is 5.28 Å². The van der Waals surface area contributed by atoms with E-state index in [0.29, 0.717) is 12.6 Å². The quantitative estimate of drug-likeness (QED) is 0.793. The number of halogens is 1. The highest BCUT2D eigenvalue weighted by Gasteiger charge is 2.16. The summed E-state index contributed by atoms with van der Waals surface area (Å²) in [6.45, 7) is 7.26. The van der Waals surface area contributed by atoms with E-state index >= 15 is 0 Å². The highest BCUT2D eigenvalue weighted by atomic mass is 35.5. The van der Waals surface area contributed by atoms with E-state index in [0.717, 1.165) is 19.4 Å². The van der Waals surface area contributed by atoms with Gasteiger partial charge in [0.2, 0.25) is 11.2 Å². The summed E-state index contributed by atoms with van der Waals surface area (Å²) < 4.78 is 10.8. The molecule has 1 aromatic rings. The second kappa shape index (κ2) is 7.45. The fraction of sp³-hybridized carbons (Fsp3) is 0.750. The van der Waals surface area contributed by atoms with Gasteiger partial charge in [0.15, 0.2) is 0 Å². The maximum atomic E-state index is 5.82. The Hall–Kier alpha value is -1.14. The molecule has 0 aliphatic heterocycles. The molecular weight excluding hydrogens is 268 g/mol. The Morgan fingerprint density at radius 3 is 2.63 bits per heavy atom. The van der Waals surface area contributed by atoms with Crippen molar-refractivity contribution in [1.29, 1.82) is 0 Å². The molecule has 0 aliphatic rings. The van der Waals surface area contributed by atoms with Gasteiger partial charge in [-0.2, -0.15) is 15.0 Å². The molecule has 0 saturated heterocycles. The molecule has 108 valence electrons. The summed E-state index contributed by atoms with van der Waals surface area (Å²) in [5.74, 6) is 0.433. The molecule has 7 heteroatoms. The van der Waals surface area contributed by atoms with Crippen LogP contribution in [0, 0.1) is 0 Å². The molecule has 1 heterocycles. The van der Waals surface area contributed by atoms with Crippen molar-refractivity contribution in [2.24, 2.45) is 0 Å². The lowest BCUT2D eigenvalue weighted by Crippen LogP contribution is -2.25. The van der Waals surface area contributed by atoms with Crippen molar-refractivity contribution in [1.82, 2.24) is 15.0 Å². The SMILES string of the molecule is CCCNc1nc(Cl)nc(OCCC(C)(C)OC)n1. The smallest absolute Gasteiger partial charge is 0.322 e. The average molecular weight is 289 g/mol. The van der Waals surface area contributed by atoms with Crippen LogP contribution in [0.1, 0.15) is 33.6 Å². The molecule has 6 nitrogen and oxygen atoms in total. The van der Waals surface area contributed by atoms with E-state index < -0.39 is 0 Å². The van der Waals surface area contributed by atoms with Gasteiger partial charge in [-0.05, 0) is 31.9 Å². The van der Waals surface area contributed by atoms with Gasteiger partial charge >= 0.3 is 6.01 Å². The van der Waals surface area contributed by atoms with E-state index in [9.17, 15) is 0 Å². The molecule has 0 radical (unpaired) electrons. The average Bonchev–Trinajstić information content (AvgIpc) is 2.35. The van der Waals surface area contributed by atoms with Crippen molar-refractivity contribution in [3.63, 3.8) is 0 Å². The number of rotatable bonds is 8. The van der Waals surface area contributed by atoms with Crippen LogP contribution in [0.3, 0.4) is 0 Å². The Balaban J connectivity index is 2.55. The molecular formula is C12H21ClN4O2. The molecule has 0 fully saturated rings. The first-order chi connectivity index (χ1) is 8.96. The van der Waals surface area contributed by atoms with E-state index in [1.807, 2.05) is 13.8 Å². The first-order valence-electron chi connectivity index (χ1n) is 6.30. The van der Waals surface area contributed by atoms with Gasteiger partial charge in [0.05, 0.1) is 12.2 Å². The molecule has 0 atom stereocenters. The lowest BCUT2D eigenvalue weighted by Gasteiger charge is -2.22. The number of nitrogens with one attached hydrogen (secondary N) is 1. The van der Waals surface area contributed by atoms with Crippen LogP contribution in [0.15, 0.2) is 0 Å². The number of hydrogen-bond donors (Lipinski definition) is 1. The van der Waals surface area contributed by atoms with Crippen molar-refractivity contribution < 1.29 is 9.47 Å². The Bertz CT molecular complexity index is 401.